The number of carbonyl (C=O) groups excluding carboxylic acids is 2. The molecule has 5 heteroatoms. The first-order valence-corrected chi connectivity index (χ1v) is 7.66. The summed E-state index contributed by atoms with van der Waals surface area (Å²) in [6.45, 7) is 2.87. The van der Waals surface area contributed by atoms with Crippen LogP contribution >= 0.6 is 0 Å². The molecule has 2 amide bonds. The fraction of sp³-hybridized carbons (Fsp3) is 0.158. The van der Waals surface area contributed by atoms with Gasteiger partial charge in [-0.25, -0.2) is 0 Å². The zero-order valence-electron chi connectivity index (χ0n) is 13.5. The molecule has 0 aromatic heterocycles. The highest BCUT2D eigenvalue weighted by Crippen LogP contribution is 2.13. The third-order valence-corrected chi connectivity index (χ3v) is 3.30. The van der Waals surface area contributed by atoms with E-state index < -0.39 is 5.91 Å². The van der Waals surface area contributed by atoms with E-state index in [9.17, 15) is 9.59 Å². The van der Waals surface area contributed by atoms with Crippen LogP contribution in [0.3, 0.4) is 0 Å². The van der Waals surface area contributed by atoms with Crippen LogP contribution in [-0.4, -0.2) is 18.4 Å². The minimum atomic E-state index is -0.487. The molecule has 0 atom stereocenters. The summed E-state index contributed by atoms with van der Waals surface area (Å²) < 4.78 is 5.36. The van der Waals surface area contributed by atoms with Crippen molar-refractivity contribution in [1.29, 1.82) is 0 Å². The summed E-state index contributed by atoms with van der Waals surface area (Å²) in [5.41, 5.74) is 7.38. The molecular formula is C19H20N2O3. The van der Waals surface area contributed by atoms with Crippen molar-refractivity contribution < 1.29 is 14.3 Å². The van der Waals surface area contributed by atoms with Crippen LogP contribution in [0.1, 0.15) is 28.4 Å². The minimum Gasteiger partial charge on any atom is -0.494 e. The van der Waals surface area contributed by atoms with Crippen molar-refractivity contribution in [2.45, 2.75) is 13.5 Å². The van der Waals surface area contributed by atoms with Gasteiger partial charge < -0.3 is 15.8 Å². The van der Waals surface area contributed by atoms with Crippen LogP contribution in [-0.2, 0) is 11.3 Å². The van der Waals surface area contributed by atoms with Crippen LogP contribution in [0.25, 0.3) is 6.08 Å². The molecule has 24 heavy (non-hydrogen) atoms. The van der Waals surface area contributed by atoms with Gasteiger partial charge >= 0.3 is 0 Å². The maximum Gasteiger partial charge on any atom is 0.248 e. The summed E-state index contributed by atoms with van der Waals surface area (Å²) in [7, 11) is 0. The van der Waals surface area contributed by atoms with Gasteiger partial charge in [0.25, 0.3) is 0 Å². The van der Waals surface area contributed by atoms with E-state index >= 15 is 0 Å². The van der Waals surface area contributed by atoms with Crippen molar-refractivity contribution in [1.82, 2.24) is 5.32 Å². The first-order chi connectivity index (χ1) is 11.6. The largest absolute Gasteiger partial charge is 0.494 e. The smallest absolute Gasteiger partial charge is 0.248 e. The Balaban J connectivity index is 1.88. The van der Waals surface area contributed by atoms with Crippen molar-refractivity contribution in [3.8, 4) is 5.75 Å². The molecule has 0 heterocycles. The van der Waals surface area contributed by atoms with Gasteiger partial charge in [-0.15, -0.1) is 0 Å². The van der Waals surface area contributed by atoms with Crippen molar-refractivity contribution in [3.05, 3.63) is 71.3 Å². The number of primary amides is 1. The molecule has 0 spiro atoms. The predicted molar refractivity (Wildman–Crippen MR) is 93.5 cm³/mol. The number of nitrogens with one attached hydrogen (secondary N) is 1. The van der Waals surface area contributed by atoms with E-state index in [4.69, 9.17) is 10.5 Å². The molecule has 2 aromatic rings. The molecule has 0 aliphatic heterocycles. The molecule has 3 N–H and O–H groups in total. The molecular weight excluding hydrogens is 304 g/mol. The summed E-state index contributed by atoms with van der Waals surface area (Å²) in [6, 6.07) is 14.3. The number of hydrogen-bond donors (Lipinski definition) is 2. The molecule has 2 aromatic carbocycles. The Morgan fingerprint density at radius 2 is 1.92 bits per heavy atom. The lowest BCUT2D eigenvalue weighted by Gasteiger charge is -2.04. The Bertz CT molecular complexity index is 737. The Morgan fingerprint density at radius 3 is 2.58 bits per heavy atom. The van der Waals surface area contributed by atoms with Crippen molar-refractivity contribution >= 4 is 17.9 Å². The summed E-state index contributed by atoms with van der Waals surface area (Å²) in [5, 5.41) is 2.76. The van der Waals surface area contributed by atoms with Gasteiger partial charge in [-0.1, -0.05) is 24.3 Å². The monoisotopic (exact) mass is 324 g/mol. The number of rotatable bonds is 7. The van der Waals surface area contributed by atoms with Crippen LogP contribution < -0.4 is 15.8 Å². The summed E-state index contributed by atoms with van der Waals surface area (Å²) in [4.78, 5) is 23.0. The van der Waals surface area contributed by atoms with Crippen LogP contribution in [0.4, 0.5) is 0 Å². The zero-order valence-corrected chi connectivity index (χ0v) is 13.5. The molecule has 0 radical (unpaired) electrons. The highest BCUT2D eigenvalue weighted by atomic mass is 16.5. The van der Waals surface area contributed by atoms with E-state index in [1.54, 1.807) is 24.3 Å². The van der Waals surface area contributed by atoms with Crippen molar-refractivity contribution in [2.75, 3.05) is 6.61 Å². The van der Waals surface area contributed by atoms with E-state index in [-0.39, 0.29) is 5.91 Å². The quantitative estimate of drug-likeness (QED) is 0.768. The molecule has 0 saturated heterocycles. The number of amides is 2. The van der Waals surface area contributed by atoms with Crippen molar-refractivity contribution in [2.24, 2.45) is 5.73 Å². The summed E-state index contributed by atoms with van der Waals surface area (Å²) >= 11 is 0. The van der Waals surface area contributed by atoms with Gasteiger partial charge in [0.2, 0.25) is 11.8 Å². The lowest BCUT2D eigenvalue weighted by Crippen LogP contribution is -2.20. The standard InChI is InChI=1S/C19H20N2O3/c1-2-24-17-9-6-14(7-10-17)8-11-18(22)21-13-15-4-3-5-16(12-15)19(20)23/h3-12H,2,13H2,1H3,(H2,20,23)(H,21,22)/b11-8+. The molecule has 2 rings (SSSR count). The normalized spacial score (nSPS) is 10.5. The Labute approximate surface area is 141 Å². The average molecular weight is 324 g/mol. The first-order valence-electron chi connectivity index (χ1n) is 7.66. The second-order valence-electron chi connectivity index (χ2n) is 5.12. The Kier molecular flexibility index (Phi) is 6.14. The van der Waals surface area contributed by atoms with Crippen LogP contribution in [0.2, 0.25) is 0 Å². The third kappa shape index (κ3) is 5.28. The minimum absolute atomic E-state index is 0.214. The molecule has 0 fully saturated rings. The molecule has 124 valence electrons. The predicted octanol–water partition coefficient (Wildman–Crippen LogP) is 2.51. The fourth-order valence-electron chi connectivity index (χ4n) is 2.10. The van der Waals surface area contributed by atoms with E-state index in [0.717, 1.165) is 16.9 Å². The molecule has 0 unspecified atom stereocenters. The van der Waals surface area contributed by atoms with Gasteiger partial charge in [0.15, 0.2) is 0 Å². The maximum atomic E-state index is 11.9. The first kappa shape index (κ1) is 17.3. The Morgan fingerprint density at radius 1 is 1.17 bits per heavy atom. The van der Waals surface area contributed by atoms with Gasteiger partial charge in [0.05, 0.1) is 6.61 Å². The highest BCUT2D eigenvalue weighted by Gasteiger charge is 2.02. The van der Waals surface area contributed by atoms with Gasteiger partial charge in [0, 0.05) is 18.2 Å². The van der Waals surface area contributed by atoms with Crippen LogP contribution in [0.15, 0.2) is 54.6 Å². The number of ether oxygens (including phenoxy) is 1. The molecule has 0 bridgehead atoms. The van der Waals surface area contributed by atoms with E-state index in [1.165, 1.54) is 6.08 Å². The maximum absolute atomic E-state index is 11.9. The summed E-state index contributed by atoms with van der Waals surface area (Å²) in [5.74, 6) is 0.0976. The third-order valence-electron chi connectivity index (χ3n) is 3.30. The molecule has 0 saturated carbocycles. The van der Waals surface area contributed by atoms with Crippen LogP contribution in [0, 0.1) is 0 Å². The highest BCUT2D eigenvalue weighted by molar-refractivity contribution is 5.93. The lowest BCUT2D eigenvalue weighted by atomic mass is 10.1. The second-order valence-corrected chi connectivity index (χ2v) is 5.12. The SMILES string of the molecule is CCOc1ccc(/C=C/C(=O)NCc2cccc(C(N)=O)c2)cc1. The van der Waals surface area contributed by atoms with Crippen LogP contribution in [0.5, 0.6) is 5.75 Å². The van der Waals surface area contributed by atoms with Gasteiger partial charge in [-0.2, -0.15) is 0 Å². The number of hydrogen-bond acceptors (Lipinski definition) is 3. The molecule has 0 aliphatic carbocycles. The van der Waals surface area contributed by atoms with Gasteiger partial charge in [0.1, 0.15) is 5.75 Å². The average Bonchev–Trinajstić information content (AvgIpc) is 2.60. The van der Waals surface area contributed by atoms with E-state index in [2.05, 4.69) is 5.32 Å². The lowest BCUT2D eigenvalue weighted by molar-refractivity contribution is -0.116. The fourth-order valence-corrected chi connectivity index (χ4v) is 2.10. The number of benzene rings is 2. The Hall–Kier alpha value is -3.08. The molecule has 5 nitrogen and oxygen atoms in total. The van der Waals surface area contributed by atoms with E-state index in [1.807, 2.05) is 37.3 Å². The number of nitrogens with two attached hydrogens (primary N) is 1. The topological polar surface area (TPSA) is 81.4 Å². The zero-order chi connectivity index (χ0) is 17.4. The number of carbonyl (C=O) groups is 2. The van der Waals surface area contributed by atoms with E-state index in [0.29, 0.717) is 18.7 Å². The summed E-state index contributed by atoms with van der Waals surface area (Å²) in [6.07, 6.45) is 3.19. The van der Waals surface area contributed by atoms with Gasteiger partial charge in [-0.05, 0) is 48.4 Å². The van der Waals surface area contributed by atoms with Crippen molar-refractivity contribution in [3.63, 3.8) is 0 Å². The van der Waals surface area contributed by atoms with Gasteiger partial charge in [-0.3, -0.25) is 9.59 Å². The second kappa shape index (κ2) is 8.53. The molecule has 0 aliphatic rings.